The van der Waals surface area contributed by atoms with E-state index in [0.29, 0.717) is 12.2 Å². The summed E-state index contributed by atoms with van der Waals surface area (Å²) in [5.74, 6) is 1.37. The van der Waals surface area contributed by atoms with Crippen molar-refractivity contribution >= 4 is 0 Å². The molecule has 0 N–H and O–H groups in total. The van der Waals surface area contributed by atoms with Crippen LogP contribution in [0.5, 0.6) is 5.75 Å². The molecule has 0 saturated heterocycles. The average Bonchev–Trinajstić information content (AvgIpc) is 2.78. The molecular formula is C27H42F2O. The summed E-state index contributed by atoms with van der Waals surface area (Å²) in [5.41, 5.74) is 0.565. The Balaban J connectivity index is 1.48. The zero-order valence-corrected chi connectivity index (χ0v) is 19.2. The molecule has 1 aromatic rings. The van der Waals surface area contributed by atoms with Gasteiger partial charge in [-0.1, -0.05) is 64.9 Å². The lowest BCUT2D eigenvalue weighted by atomic mass is 9.68. The summed E-state index contributed by atoms with van der Waals surface area (Å²) in [6.07, 6.45) is 17.0. The highest BCUT2D eigenvalue weighted by molar-refractivity contribution is 5.33. The van der Waals surface area contributed by atoms with Gasteiger partial charge in [-0.3, -0.25) is 0 Å². The highest BCUT2D eigenvalue weighted by Gasteiger charge is 2.32. The van der Waals surface area contributed by atoms with E-state index in [4.69, 9.17) is 4.74 Å². The van der Waals surface area contributed by atoms with Crippen LogP contribution in [0.2, 0.25) is 0 Å². The van der Waals surface area contributed by atoms with Crippen LogP contribution in [0, 0.1) is 29.4 Å². The van der Waals surface area contributed by atoms with E-state index in [9.17, 15) is 8.78 Å². The van der Waals surface area contributed by atoms with Crippen molar-refractivity contribution in [2.45, 2.75) is 110 Å². The van der Waals surface area contributed by atoms with Crippen LogP contribution in [0.25, 0.3) is 0 Å². The second kappa shape index (κ2) is 12.1. The molecule has 3 heteroatoms. The zero-order chi connectivity index (χ0) is 21.3. The maximum atomic E-state index is 14.8. The molecule has 0 radical (unpaired) electrons. The molecule has 3 rings (SSSR count). The van der Waals surface area contributed by atoms with Crippen LogP contribution in [0.15, 0.2) is 12.1 Å². The molecule has 2 saturated carbocycles. The molecule has 0 atom stereocenters. The van der Waals surface area contributed by atoms with Crippen molar-refractivity contribution in [3.05, 3.63) is 29.3 Å². The Morgan fingerprint density at radius 2 is 1.40 bits per heavy atom. The van der Waals surface area contributed by atoms with Crippen molar-refractivity contribution in [2.75, 3.05) is 6.61 Å². The fourth-order valence-electron chi connectivity index (χ4n) is 5.85. The van der Waals surface area contributed by atoms with Gasteiger partial charge in [-0.25, -0.2) is 4.39 Å². The average molecular weight is 421 g/mol. The van der Waals surface area contributed by atoms with Crippen molar-refractivity contribution in [3.8, 4) is 5.75 Å². The summed E-state index contributed by atoms with van der Waals surface area (Å²) in [6.45, 7) is 4.85. The van der Waals surface area contributed by atoms with E-state index < -0.39 is 11.6 Å². The number of halogens is 2. The third kappa shape index (κ3) is 6.20. The predicted molar refractivity (Wildman–Crippen MR) is 121 cm³/mol. The van der Waals surface area contributed by atoms with Crippen molar-refractivity contribution in [2.24, 2.45) is 17.8 Å². The van der Waals surface area contributed by atoms with Crippen LogP contribution in [-0.2, 0) is 0 Å². The fourth-order valence-corrected chi connectivity index (χ4v) is 5.85. The number of ether oxygens (including phenoxy) is 1. The summed E-state index contributed by atoms with van der Waals surface area (Å²) < 4.78 is 34.8. The third-order valence-electron chi connectivity index (χ3n) is 7.82. The maximum Gasteiger partial charge on any atom is 0.200 e. The molecular weight excluding hydrogens is 378 g/mol. The van der Waals surface area contributed by atoms with E-state index in [-0.39, 0.29) is 11.7 Å². The molecule has 2 fully saturated rings. The van der Waals surface area contributed by atoms with E-state index in [2.05, 4.69) is 13.8 Å². The van der Waals surface area contributed by atoms with E-state index >= 15 is 0 Å². The van der Waals surface area contributed by atoms with Gasteiger partial charge in [-0.05, 0) is 80.2 Å². The highest BCUT2D eigenvalue weighted by Crippen LogP contribution is 2.45. The lowest BCUT2D eigenvalue weighted by Crippen LogP contribution is -2.25. The fraction of sp³-hybridized carbons (Fsp3) is 0.778. The third-order valence-corrected chi connectivity index (χ3v) is 7.82. The van der Waals surface area contributed by atoms with Gasteiger partial charge in [-0.2, -0.15) is 4.39 Å². The first kappa shape index (κ1) is 23.5. The molecule has 0 bridgehead atoms. The molecule has 170 valence electrons. The molecule has 0 aromatic heterocycles. The number of unbranched alkanes of at least 4 members (excludes halogenated alkanes) is 3. The van der Waals surface area contributed by atoms with Crippen LogP contribution in [0.1, 0.15) is 115 Å². The van der Waals surface area contributed by atoms with Crippen molar-refractivity contribution in [1.82, 2.24) is 0 Å². The largest absolute Gasteiger partial charge is 0.490 e. The lowest BCUT2D eigenvalue weighted by molar-refractivity contribution is 0.155. The van der Waals surface area contributed by atoms with Gasteiger partial charge in [-0.15, -0.1) is 0 Å². The standard InChI is InChI=1S/C27H42F2O/c1-3-5-7-19-30-25-18-17-24(26(28)27(25)29)23-15-13-22(14-16-23)21-11-9-20(10-12-21)8-6-4-2/h17-18,20-23H,3-16,19H2,1-2H3. The summed E-state index contributed by atoms with van der Waals surface area (Å²) in [6, 6.07) is 3.42. The number of hydrogen-bond acceptors (Lipinski definition) is 1. The zero-order valence-electron chi connectivity index (χ0n) is 19.2. The van der Waals surface area contributed by atoms with Gasteiger partial charge in [0.15, 0.2) is 11.6 Å². The minimum atomic E-state index is -0.795. The second-order valence-electron chi connectivity index (χ2n) is 9.87. The Hall–Kier alpha value is -1.12. The van der Waals surface area contributed by atoms with Gasteiger partial charge < -0.3 is 4.74 Å². The van der Waals surface area contributed by atoms with Crippen LogP contribution in [0.4, 0.5) is 8.78 Å². The minimum Gasteiger partial charge on any atom is -0.490 e. The smallest absolute Gasteiger partial charge is 0.200 e. The quantitative estimate of drug-likeness (QED) is 0.344. The number of benzene rings is 1. The lowest BCUT2D eigenvalue weighted by Gasteiger charge is -2.38. The normalized spacial score (nSPS) is 27.2. The van der Waals surface area contributed by atoms with Crippen LogP contribution in [0.3, 0.4) is 0 Å². The summed E-state index contributed by atoms with van der Waals surface area (Å²) >= 11 is 0. The maximum absolute atomic E-state index is 14.8. The van der Waals surface area contributed by atoms with Gasteiger partial charge in [0, 0.05) is 0 Å². The number of rotatable bonds is 10. The van der Waals surface area contributed by atoms with Crippen molar-refractivity contribution in [3.63, 3.8) is 0 Å². The van der Waals surface area contributed by atoms with Crippen molar-refractivity contribution < 1.29 is 13.5 Å². The monoisotopic (exact) mass is 420 g/mol. The molecule has 1 nitrogen and oxygen atoms in total. The van der Waals surface area contributed by atoms with E-state index in [0.717, 1.165) is 49.9 Å². The van der Waals surface area contributed by atoms with E-state index in [1.54, 1.807) is 12.1 Å². The topological polar surface area (TPSA) is 9.23 Å². The molecule has 1 aromatic carbocycles. The first-order chi connectivity index (χ1) is 14.6. The Bertz CT molecular complexity index is 628. The second-order valence-corrected chi connectivity index (χ2v) is 9.87. The molecule has 0 heterocycles. The van der Waals surface area contributed by atoms with Gasteiger partial charge in [0.2, 0.25) is 5.82 Å². The van der Waals surface area contributed by atoms with Crippen LogP contribution < -0.4 is 4.74 Å². The summed E-state index contributed by atoms with van der Waals surface area (Å²) in [5, 5.41) is 0. The molecule has 2 aliphatic carbocycles. The first-order valence-electron chi connectivity index (χ1n) is 12.7. The summed E-state index contributed by atoms with van der Waals surface area (Å²) in [7, 11) is 0. The van der Waals surface area contributed by atoms with Gasteiger partial charge in [0.1, 0.15) is 0 Å². The number of hydrogen-bond donors (Lipinski definition) is 0. The van der Waals surface area contributed by atoms with E-state index in [1.165, 1.54) is 57.8 Å². The van der Waals surface area contributed by atoms with Gasteiger partial charge in [0.25, 0.3) is 0 Å². The molecule has 2 aliphatic rings. The molecule has 0 aliphatic heterocycles. The Kier molecular flexibility index (Phi) is 9.46. The minimum absolute atomic E-state index is 0.0703. The first-order valence-corrected chi connectivity index (χ1v) is 12.7. The van der Waals surface area contributed by atoms with Crippen LogP contribution >= 0.6 is 0 Å². The van der Waals surface area contributed by atoms with E-state index in [1.807, 2.05) is 0 Å². The molecule has 0 spiro atoms. The SMILES string of the molecule is CCCCCOc1ccc(C2CCC(C3CCC(CCCC)CC3)CC2)c(F)c1F. The van der Waals surface area contributed by atoms with Gasteiger partial charge in [0.05, 0.1) is 6.61 Å². The highest BCUT2D eigenvalue weighted by atomic mass is 19.2. The Labute approximate surface area is 183 Å². The molecule has 0 unspecified atom stereocenters. The van der Waals surface area contributed by atoms with Crippen LogP contribution in [-0.4, -0.2) is 6.61 Å². The summed E-state index contributed by atoms with van der Waals surface area (Å²) in [4.78, 5) is 0. The van der Waals surface area contributed by atoms with Crippen molar-refractivity contribution in [1.29, 1.82) is 0 Å². The molecule has 30 heavy (non-hydrogen) atoms. The van der Waals surface area contributed by atoms with Gasteiger partial charge >= 0.3 is 0 Å². The Morgan fingerprint density at radius 1 is 0.767 bits per heavy atom. The predicted octanol–water partition coefficient (Wildman–Crippen LogP) is 8.80. The Morgan fingerprint density at radius 3 is 2.03 bits per heavy atom. The molecule has 0 amide bonds.